The van der Waals surface area contributed by atoms with E-state index in [4.69, 9.17) is 128 Å². The molecule has 0 amide bonds. The molecule has 9 fully saturated rings. The maximum atomic E-state index is 14.8. The van der Waals surface area contributed by atoms with Crippen molar-refractivity contribution < 1.29 is 209 Å². The van der Waals surface area contributed by atoms with Crippen LogP contribution in [0.5, 0.6) is 0 Å². The summed E-state index contributed by atoms with van der Waals surface area (Å²) in [6, 6.07) is 0. The molecule has 0 radical (unpaired) electrons. The average Bonchev–Trinajstić information content (AvgIpc) is 0.671. The third-order valence-corrected chi connectivity index (χ3v) is 28.1. The van der Waals surface area contributed by atoms with Crippen molar-refractivity contribution in [3.63, 3.8) is 0 Å². The summed E-state index contributed by atoms with van der Waals surface area (Å²) in [6.07, 6.45) is -41.3. The summed E-state index contributed by atoms with van der Waals surface area (Å²) >= 11 is 0. The molecule has 5 heterocycles. The molecule has 44 nitrogen and oxygen atoms in total. The molecule has 0 aromatic carbocycles. The predicted octanol–water partition coefficient (Wildman–Crippen LogP) is 4.80. The molecule has 10 rings (SSSR count). The van der Waals surface area contributed by atoms with E-state index in [1.807, 2.05) is 13.8 Å². The first-order valence-corrected chi connectivity index (χ1v) is 44.9. The van der Waals surface area contributed by atoms with Gasteiger partial charge in [0.15, 0.2) is 129 Å². The van der Waals surface area contributed by atoms with E-state index in [-0.39, 0.29) is 31.8 Å². The van der Waals surface area contributed by atoms with Crippen LogP contribution in [0.4, 0.5) is 0 Å². The molecule has 0 aromatic heterocycles. The van der Waals surface area contributed by atoms with Crippen LogP contribution in [-0.4, -0.2) is 302 Å². The summed E-state index contributed by atoms with van der Waals surface area (Å²) in [5.74, 6) is -17.2. The van der Waals surface area contributed by atoms with Gasteiger partial charge in [0.25, 0.3) is 0 Å². The third-order valence-electron chi connectivity index (χ3n) is 28.1. The van der Waals surface area contributed by atoms with E-state index in [0.717, 1.165) is 110 Å². The van der Waals surface area contributed by atoms with Gasteiger partial charge in [-0.3, -0.25) is 76.7 Å². The van der Waals surface area contributed by atoms with Gasteiger partial charge in [-0.2, -0.15) is 0 Å². The van der Waals surface area contributed by atoms with Gasteiger partial charge in [-0.25, -0.2) is 4.79 Å². The molecule has 1 unspecified atom stereocenters. The molecule has 0 bridgehead atoms. The Labute approximate surface area is 780 Å². The lowest BCUT2D eigenvalue weighted by Crippen LogP contribution is -2.70. The Morgan fingerprint density at radius 1 is 0.356 bits per heavy atom. The van der Waals surface area contributed by atoms with Gasteiger partial charge in [-0.1, -0.05) is 46.3 Å². The Kier molecular flexibility index (Phi) is 34.7. The van der Waals surface area contributed by atoms with Gasteiger partial charge in [0, 0.05) is 115 Å². The molecule has 5 aliphatic heterocycles. The van der Waals surface area contributed by atoms with E-state index in [1.54, 1.807) is 6.92 Å². The zero-order chi connectivity index (χ0) is 100. The summed E-state index contributed by atoms with van der Waals surface area (Å²) in [7, 11) is 2.26. The highest BCUT2D eigenvalue weighted by Crippen LogP contribution is 2.76. The van der Waals surface area contributed by atoms with Crippen LogP contribution in [-0.2, 0) is 209 Å². The number of esters is 17. The fraction of sp³-hybridized carbons (Fsp3) is 0.791. The Hall–Kier alpha value is -9.67. The maximum Gasteiger partial charge on any atom is 0.339 e. The molecule has 0 N–H and O–H groups in total. The largest absolute Gasteiger partial charge is 0.469 e. The quantitative estimate of drug-likeness (QED) is 0.0403. The molecule has 5 aliphatic carbocycles. The van der Waals surface area contributed by atoms with Crippen LogP contribution in [0.15, 0.2) is 11.6 Å². The number of hydrogen-bond acceptors (Lipinski definition) is 44. The second-order valence-corrected chi connectivity index (χ2v) is 37.7. The highest BCUT2D eigenvalue weighted by molar-refractivity contribution is 5.78. The molecular formula is C91H128O44. The molecule has 756 valence electrons. The standard InChI is InChI=1S/C91H128O44/c1-39-64(117-44(6)96)68(121-48(10)100)75(126-53(15)105)81(115-39)134-77-70(123-50(12)102)66(119-46(8)98)59(36-112-41(3)93)129-83(77)135-78-72(125-52(14)104)71(124-51(13)103)73(79(107)109-23)132-84(78)130-62-28-29-88(19)60(89(62,20)38-114-42(4)94)27-30-91(22)61(88)26-25-55-56-33-86(17,85(108)110-24)34-63(87(56,18)31-32-90(55,91)21)131-80-74(67(120-47(9)99)57(37-113-80)116-43(5)95)133-82-76(127-54(16)106)69(122-49(11)101)65(118-45(7)97)58(128-82)35-111-40(2)92/h25,39,56-78,80-84H,26-38H2,1-24H3/t39-,56-,57-,58+,59+,60?,61+,62-,63+,64-,65+,66-,67-,68+,69-,70-,71-,72-,73-,74+,75+,76+,77+,78+,80-,81-,82-,83-,84+,86-,87+,88-,89+,90+,91+/m0/s1. The van der Waals surface area contributed by atoms with Gasteiger partial charge in [-0.05, 0) is 106 Å². The van der Waals surface area contributed by atoms with E-state index in [0.29, 0.717) is 38.5 Å². The van der Waals surface area contributed by atoms with Gasteiger partial charge in [0.2, 0.25) is 0 Å². The van der Waals surface area contributed by atoms with Crippen molar-refractivity contribution in [3.8, 4) is 0 Å². The van der Waals surface area contributed by atoms with E-state index in [9.17, 15) is 81.5 Å². The minimum atomic E-state index is -2.24. The molecule has 135 heavy (non-hydrogen) atoms. The van der Waals surface area contributed by atoms with Crippen LogP contribution < -0.4 is 0 Å². The molecule has 4 saturated carbocycles. The highest BCUT2D eigenvalue weighted by atomic mass is 16.8. The number of carbonyl (C=O) groups is 17. The van der Waals surface area contributed by atoms with E-state index in [2.05, 4.69) is 26.8 Å². The Morgan fingerprint density at radius 2 is 0.756 bits per heavy atom. The number of hydrogen-bond donors (Lipinski definition) is 0. The third kappa shape index (κ3) is 23.7. The fourth-order valence-electron chi connectivity index (χ4n) is 22.5. The van der Waals surface area contributed by atoms with Crippen molar-refractivity contribution in [1.82, 2.24) is 0 Å². The molecule has 35 atom stereocenters. The van der Waals surface area contributed by atoms with Gasteiger partial charge >= 0.3 is 101 Å². The smallest absolute Gasteiger partial charge is 0.339 e. The van der Waals surface area contributed by atoms with Crippen LogP contribution in [0, 0.1) is 50.2 Å². The summed E-state index contributed by atoms with van der Waals surface area (Å²) < 4.78 is 166. The minimum absolute atomic E-state index is 0.0240. The van der Waals surface area contributed by atoms with Crippen LogP contribution in [0.2, 0.25) is 0 Å². The van der Waals surface area contributed by atoms with E-state index in [1.165, 1.54) is 21.0 Å². The monoisotopic (exact) mass is 1920 g/mol. The van der Waals surface area contributed by atoms with E-state index >= 15 is 0 Å². The number of allylic oxidation sites excluding steroid dienone is 2. The predicted molar refractivity (Wildman–Crippen MR) is 444 cm³/mol. The molecule has 0 aromatic rings. The SMILES string of the molecule is COC(=O)[C@H]1O[C@@H](O[C@H]2CC[C@@]3(C)C(CC[C@]4(C)[C@@H]3CC=C3[C@@H]5C[C@](C)(C(=O)OC)C[C@@H](O[C@@H]6OC[C@H](OC(C)=O)[C@H](OC(C)=O)[C@H]6O[C@@H]6O[C@H](COC(C)=O)[C@@H](OC(C)=O)[C@H](OC(C)=O)[C@H]6OC(C)=O)[C@]5(C)CC[C@]34C)[C@@]2(C)COC(C)=O)[C@H](O[C@@H]2O[C@H](COC(C)=O)[C@H](OC(C)=O)[C@H](OC(C)=O)[C@H]2O[C@@H]2O[C@@H](C)[C@H](OC(C)=O)[C@@H](OC(C)=O)[C@H]2OC(C)=O)[C@@H](OC(C)=O)[C@@H]1OC(C)=O. The van der Waals surface area contributed by atoms with Crippen molar-refractivity contribution >= 4 is 101 Å². The summed E-state index contributed by atoms with van der Waals surface area (Å²) in [5.41, 5.74) is -4.69. The lowest BCUT2D eigenvalue weighted by molar-refractivity contribution is -0.396. The first-order chi connectivity index (χ1) is 63.1. The van der Waals surface area contributed by atoms with Gasteiger partial charge < -0.3 is 128 Å². The lowest BCUT2D eigenvalue weighted by atomic mass is 9.33. The molecule has 0 spiro atoms. The van der Waals surface area contributed by atoms with Crippen molar-refractivity contribution in [1.29, 1.82) is 0 Å². The zero-order valence-corrected chi connectivity index (χ0v) is 80.5. The molecule has 44 heteroatoms. The topological polar surface area (TPSA) is 539 Å². The zero-order valence-electron chi connectivity index (χ0n) is 80.5. The normalized spacial score (nSPS) is 39.6. The average molecular weight is 1930 g/mol. The molecular weight excluding hydrogens is 1800 g/mol. The summed E-state index contributed by atoms with van der Waals surface area (Å²) in [5, 5.41) is 0. The van der Waals surface area contributed by atoms with Crippen LogP contribution in [0.1, 0.15) is 210 Å². The Morgan fingerprint density at radius 3 is 1.22 bits per heavy atom. The van der Waals surface area contributed by atoms with E-state index < -0.39 is 325 Å². The second-order valence-electron chi connectivity index (χ2n) is 37.7. The first kappa shape index (κ1) is 107. The lowest BCUT2D eigenvalue weighted by Gasteiger charge is -2.72. The van der Waals surface area contributed by atoms with Crippen LogP contribution in [0.3, 0.4) is 0 Å². The Balaban J connectivity index is 1.06. The fourth-order valence-corrected chi connectivity index (χ4v) is 22.5. The van der Waals surface area contributed by atoms with Gasteiger partial charge in [-0.15, -0.1) is 0 Å². The first-order valence-electron chi connectivity index (χ1n) is 44.9. The minimum Gasteiger partial charge on any atom is -0.469 e. The van der Waals surface area contributed by atoms with Crippen molar-refractivity contribution in [2.75, 3.05) is 40.6 Å². The Bertz CT molecular complexity index is 4470. The van der Waals surface area contributed by atoms with Crippen LogP contribution in [0.25, 0.3) is 0 Å². The maximum absolute atomic E-state index is 14.8. The second kappa shape index (κ2) is 43.6. The summed E-state index contributed by atoms with van der Waals surface area (Å²) in [4.78, 5) is 227. The number of carbonyl (C=O) groups excluding carboxylic acids is 17. The number of ether oxygens (including phenoxy) is 27. The van der Waals surface area contributed by atoms with Crippen molar-refractivity contribution in [3.05, 3.63) is 11.6 Å². The number of fused-ring (bicyclic) bond motifs is 7. The van der Waals surface area contributed by atoms with Crippen molar-refractivity contribution in [2.45, 2.75) is 370 Å². The van der Waals surface area contributed by atoms with Crippen molar-refractivity contribution in [2.24, 2.45) is 50.2 Å². The van der Waals surface area contributed by atoms with Crippen LogP contribution >= 0.6 is 0 Å². The molecule has 10 aliphatic rings. The summed E-state index contributed by atoms with van der Waals surface area (Å²) in [6.45, 7) is 26.9. The van der Waals surface area contributed by atoms with Gasteiger partial charge in [0.05, 0.1) is 51.2 Å². The number of rotatable bonds is 30. The highest BCUT2D eigenvalue weighted by Gasteiger charge is 2.73. The van der Waals surface area contributed by atoms with Gasteiger partial charge in [0.1, 0.15) is 25.4 Å². The number of methoxy groups -OCH3 is 2. The molecule has 5 saturated heterocycles.